The first-order chi connectivity index (χ1) is 16.6. The number of unbranched alkanes of at least 4 members (excludes halogenated alkanes) is 1. The van der Waals surface area contributed by atoms with E-state index in [1.165, 1.54) is 11.3 Å². The van der Waals surface area contributed by atoms with Gasteiger partial charge in [-0.15, -0.1) is 0 Å². The molecule has 0 aliphatic carbocycles. The van der Waals surface area contributed by atoms with Crippen molar-refractivity contribution in [3.63, 3.8) is 0 Å². The van der Waals surface area contributed by atoms with Crippen LogP contribution in [0.5, 0.6) is 17.2 Å². The third-order valence-electron chi connectivity index (χ3n) is 5.78. The zero-order chi connectivity index (χ0) is 24.5. The number of nitrogens with zero attached hydrogens (tertiary/aromatic N) is 3. The topological polar surface area (TPSA) is 64.1 Å². The summed E-state index contributed by atoms with van der Waals surface area (Å²) < 4.78 is 17.7. The van der Waals surface area contributed by atoms with Crippen molar-refractivity contribution in [2.45, 2.75) is 33.6 Å². The van der Waals surface area contributed by atoms with Gasteiger partial charge in [-0.3, -0.25) is 9.69 Å². The van der Waals surface area contributed by atoms with E-state index in [9.17, 15) is 4.79 Å². The van der Waals surface area contributed by atoms with Crippen LogP contribution < -0.4 is 19.1 Å². The van der Waals surface area contributed by atoms with Gasteiger partial charge in [-0.1, -0.05) is 38.5 Å². The molecule has 0 saturated carbocycles. The molecular weight excluding hydrogens is 450 g/mol. The predicted octanol–water partition coefficient (Wildman–Crippen LogP) is 5.48. The average Bonchev–Trinajstić information content (AvgIpc) is 3.31. The second-order valence-corrected chi connectivity index (χ2v) is 8.83. The van der Waals surface area contributed by atoms with Crippen LogP contribution in [0.4, 0.5) is 5.13 Å². The molecule has 0 N–H and O–H groups in total. The number of carbonyl (C=O) groups excluding carboxylic acids is 1. The molecule has 0 radical (unpaired) electrons. The minimum Gasteiger partial charge on any atom is -0.495 e. The Morgan fingerprint density at radius 1 is 0.941 bits per heavy atom. The molecule has 34 heavy (non-hydrogen) atoms. The molecule has 3 rings (SSSR count). The molecule has 0 unspecified atom stereocenters. The molecule has 1 amide bonds. The lowest BCUT2D eigenvalue weighted by atomic mass is 10.2. The second kappa shape index (κ2) is 12.6. The Labute approximate surface area is 206 Å². The van der Waals surface area contributed by atoms with Gasteiger partial charge < -0.3 is 19.1 Å². The molecule has 7 nitrogen and oxygen atoms in total. The van der Waals surface area contributed by atoms with Gasteiger partial charge in [0.25, 0.3) is 5.91 Å². The Morgan fingerprint density at radius 2 is 1.62 bits per heavy atom. The maximum absolute atomic E-state index is 13.7. The van der Waals surface area contributed by atoms with Gasteiger partial charge in [-0.2, -0.15) is 0 Å². The highest BCUT2D eigenvalue weighted by Crippen LogP contribution is 2.40. The van der Waals surface area contributed by atoms with Crippen LogP contribution in [0, 0.1) is 0 Å². The molecule has 184 valence electrons. The van der Waals surface area contributed by atoms with Crippen molar-refractivity contribution in [1.82, 2.24) is 9.88 Å². The van der Waals surface area contributed by atoms with E-state index >= 15 is 0 Å². The number of hydrogen-bond donors (Lipinski definition) is 0. The highest BCUT2D eigenvalue weighted by Gasteiger charge is 2.24. The molecule has 0 saturated heterocycles. The van der Waals surface area contributed by atoms with Crippen LogP contribution in [0.15, 0.2) is 36.4 Å². The standard InChI is InChI=1S/C26H35N3O4S/c1-6-9-18-33-20-12-10-19(11-13-20)25(30)29(17-16-28(7-2)8-3)26-27-23-21(31-4)14-15-22(32-5)24(23)34-26/h10-15H,6-9,16-18H2,1-5H3. The monoisotopic (exact) mass is 485 g/mol. The third kappa shape index (κ3) is 5.98. The molecular formula is C26H35N3O4S. The summed E-state index contributed by atoms with van der Waals surface area (Å²) in [6, 6.07) is 11.1. The van der Waals surface area contributed by atoms with Crippen molar-refractivity contribution in [2.75, 3.05) is 51.9 Å². The van der Waals surface area contributed by atoms with Gasteiger partial charge in [0.2, 0.25) is 0 Å². The fraction of sp³-hybridized carbons (Fsp3) is 0.462. The molecule has 0 aliphatic rings. The summed E-state index contributed by atoms with van der Waals surface area (Å²) >= 11 is 1.44. The smallest absolute Gasteiger partial charge is 0.260 e. The summed E-state index contributed by atoms with van der Waals surface area (Å²) in [4.78, 5) is 22.5. The highest BCUT2D eigenvalue weighted by molar-refractivity contribution is 7.22. The number of thiazole rings is 1. The molecule has 0 atom stereocenters. The number of aromatic nitrogens is 1. The van der Waals surface area contributed by atoms with Crippen molar-refractivity contribution in [3.05, 3.63) is 42.0 Å². The largest absolute Gasteiger partial charge is 0.495 e. The van der Waals surface area contributed by atoms with Crippen LogP contribution in [0.25, 0.3) is 10.2 Å². The van der Waals surface area contributed by atoms with Crippen molar-refractivity contribution >= 4 is 32.6 Å². The number of hydrogen-bond acceptors (Lipinski definition) is 7. The van der Waals surface area contributed by atoms with E-state index in [0.29, 0.717) is 40.9 Å². The zero-order valence-electron chi connectivity index (χ0n) is 20.8. The van der Waals surface area contributed by atoms with Crippen molar-refractivity contribution in [3.8, 4) is 17.2 Å². The first-order valence-corrected chi connectivity index (χ1v) is 12.7. The normalized spacial score (nSPS) is 11.1. The molecule has 3 aromatic rings. The van der Waals surface area contributed by atoms with Crippen molar-refractivity contribution in [1.29, 1.82) is 0 Å². The molecule has 0 fully saturated rings. The molecule has 0 bridgehead atoms. The van der Waals surface area contributed by atoms with Crippen molar-refractivity contribution < 1.29 is 19.0 Å². The van der Waals surface area contributed by atoms with Gasteiger partial charge in [0, 0.05) is 18.7 Å². The van der Waals surface area contributed by atoms with E-state index in [1.54, 1.807) is 19.1 Å². The van der Waals surface area contributed by atoms with Gasteiger partial charge in [0.15, 0.2) is 5.13 Å². The number of ether oxygens (including phenoxy) is 3. The Hall–Kier alpha value is -2.84. The highest BCUT2D eigenvalue weighted by atomic mass is 32.1. The number of carbonyl (C=O) groups is 1. The third-order valence-corrected chi connectivity index (χ3v) is 6.87. The maximum Gasteiger partial charge on any atom is 0.260 e. The van der Waals surface area contributed by atoms with Gasteiger partial charge in [0.1, 0.15) is 27.5 Å². The summed E-state index contributed by atoms with van der Waals surface area (Å²) in [7, 11) is 3.25. The number of anilines is 1. The van der Waals surface area contributed by atoms with Gasteiger partial charge >= 0.3 is 0 Å². The minimum atomic E-state index is -0.0933. The van der Waals surface area contributed by atoms with Crippen LogP contribution >= 0.6 is 11.3 Å². The lowest BCUT2D eigenvalue weighted by molar-refractivity contribution is 0.0983. The number of amides is 1. The Balaban J connectivity index is 1.94. The van der Waals surface area contributed by atoms with Gasteiger partial charge in [-0.25, -0.2) is 4.98 Å². The van der Waals surface area contributed by atoms with E-state index in [4.69, 9.17) is 19.2 Å². The van der Waals surface area contributed by atoms with E-state index in [0.717, 1.165) is 42.9 Å². The van der Waals surface area contributed by atoms with Crippen LogP contribution in [-0.2, 0) is 0 Å². The Morgan fingerprint density at radius 3 is 2.24 bits per heavy atom. The Kier molecular flexibility index (Phi) is 9.53. The molecule has 0 aliphatic heterocycles. The van der Waals surface area contributed by atoms with Crippen LogP contribution in [-0.4, -0.2) is 62.8 Å². The average molecular weight is 486 g/mol. The SMILES string of the molecule is CCCCOc1ccc(C(=O)N(CCN(CC)CC)c2nc3c(OC)ccc(OC)c3s2)cc1. The van der Waals surface area contributed by atoms with Crippen molar-refractivity contribution in [2.24, 2.45) is 0 Å². The van der Waals surface area contributed by atoms with E-state index in [-0.39, 0.29) is 5.91 Å². The summed E-state index contributed by atoms with van der Waals surface area (Å²) in [6.07, 6.45) is 2.08. The van der Waals surface area contributed by atoms with E-state index in [1.807, 2.05) is 36.4 Å². The zero-order valence-corrected chi connectivity index (χ0v) is 21.6. The number of rotatable bonds is 13. The van der Waals surface area contributed by atoms with E-state index < -0.39 is 0 Å². The summed E-state index contributed by atoms with van der Waals surface area (Å²) in [5, 5.41) is 0.623. The lowest BCUT2D eigenvalue weighted by Crippen LogP contribution is -2.38. The molecule has 2 aromatic carbocycles. The summed E-state index contributed by atoms with van der Waals surface area (Å²) in [6.45, 7) is 10.2. The molecule has 0 spiro atoms. The van der Waals surface area contributed by atoms with E-state index in [2.05, 4.69) is 25.7 Å². The molecule has 1 aromatic heterocycles. The fourth-order valence-electron chi connectivity index (χ4n) is 3.64. The van der Waals surface area contributed by atoms with Crippen LogP contribution in [0.1, 0.15) is 44.0 Å². The number of benzene rings is 2. The minimum absolute atomic E-state index is 0.0933. The maximum atomic E-state index is 13.7. The second-order valence-electron chi connectivity index (χ2n) is 7.85. The molecule has 8 heteroatoms. The predicted molar refractivity (Wildman–Crippen MR) is 139 cm³/mol. The first kappa shape index (κ1) is 25.8. The summed E-state index contributed by atoms with van der Waals surface area (Å²) in [5.41, 5.74) is 1.29. The quantitative estimate of drug-likeness (QED) is 0.299. The number of fused-ring (bicyclic) bond motifs is 1. The van der Waals surface area contributed by atoms with Gasteiger partial charge in [0.05, 0.1) is 20.8 Å². The Bertz CT molecular complexity index is 1020. The lowest BCUT2D eigenvalue weighted by Gasteiger charge is -2.24. The molecule has 1 heterocycles. The number of likely N-dealkylation sites (N-methyl/N-ethyl adjacent to an activating group) is 1. The van der Waals surface area contributed by atoms with Gasteiger partial charge in [-0.05, 0) is 55.9 Å². The first-order valence-electron chi connectivity index (χ1n) is 11.8. The summed E-state index contributed by atoms with van der Waals surface area (Å²) in [5.74, 6) is 2.05. The number of methoxy groups -OCH3 is 2. The fourth-order valence-corrected chi connectivity index (χ4v) is 4.74. The van der Waals surface area contributed by atoms with Crippen LogP contribution in [0.2, 0.25) is 0 Å². The van der Waals surface area contributed by atoms with Crippen LogP contribution in [0.3, 0.4) is 0 Å².